The van der Waals surface area contributed by atoms with Gasteiger partial charge in [-0.25, -0.2) is 4.98 Å². The SMILES string of the molecule is Cc1nc(-c2cccc(NC(=O)CN3CCN(c4cccc(Cl)c4)CC3)c2)cs1. The Morgan fingerprint density at radius 3 is 2.66 bits per heavy atom. The van der Waals surface area contributed by atoms with Crippen molar-refractivity contribution in [3.63, 3.8) is 0 Å². The number of anilines is 2. The molecule has 1 amide bonds. The molecule has 0 radical (unpaired) electrons. The van der Waals surface area contributed by atoms with Gasteiger partial charge >= 0.3 is 0 Å². The van der Waals surface area contributed by atoms with Gasteiger partial charge in [-0.05, 0) is 37.3 Å². The summed E-state index contributed by atoms with van der Waals surface area (Å²) in [6.45, 7) is 5.84. The number of hydrogen-bond donors (Lipinski definition) is 1. The van der Waals surface area contributed by atoms with Gasteiger partial charge in [-0.1, -0.05) is 29.8 Å². The second kappa shape index (κ2) is 8.95. The quantitative estimate of drug-likeness (QED) is 0.651. The number of carbonyl (C=O) groups excluding carboxylic acids is 1. The van der Waals surface area contributed by atoms with Gasteiger partial charge in [0.25, 0.3) is 0 Å². The van der Waals surface area contributed by atoms with Gasteiger partial charge in [0, 0.05) is 53.5 Å². The molecule has 0 atom stereocenters. The number of rotatable bonds is 5. The normalized spacial score (nSPS) is 14.8. The van der Waals surface area contributed by atoms with Crippen molar-refractivity contribution in [2.45, 2.75) is 6.92 Å². The van der Waals surface area contributed by atoms with E-state index in [1.54, 1.807) is 11.3 Å². The van der Waals surface area contributed by atoms with E-state index in [0.29, 0.717) is 6.54 Å². The highest BCUT2D eigenvalue weighted by atomic mass is 35.5. The molecule has 1 aliphatic heterocycles. The molecule has 0 spiro atoms. The molecule has 150 valence electrons. The van der Waals surface area contributed by atoms with Crippen LogP contribution in [-0.4, -0.2) is 48.5 Å². The fraction of sp³-hybridized carbons (Fsp3) is 0.273. The number of amides is 1. The second-order valence-electron chi connectivity index (χ2n) is 7.12. The Balaban J connectivity index is 1.30. The number of nitrogens with one attached hydrogen (secondary N) is 1. The van der Waals surface area contributed by atoms with Crippen molar-refractivity contribution in [2.75, 3.05) is 42.9 Å². The van der Waals surface area contributed by atoms with Crippen molar-refractivity contribution in [2.24, 2.45) is 0 Å². The molecule has 2 aromatic carbocycles. The van der Waals surface area contributed by atoms with Crippen molar-refractivity contribution in [1.82, 2.24) is 9.88 Å². The highest BCUT2D eigenvalue weighted by Crippen LogP contribution is 2.24. The van der Waals surface area contributed by atoms with Crippen LogP contribution in [0.5, 0.6) is 0 Å². The second-order valence-corrected chi connectivity index (χ2v) is 8.62. The third-order valence-corrected chi connectivity index (χ3v) is 5.98. The Kier molecular flexibility index (Phi) is 6.13. The molecule has 1 aliphatic rings. The summed E-state index contributed by atoms with van der Waals surface area (Å²) in [5.41, 5.74) is 3.90. The number of piperazine rings is 1. The largest absolute Gasteiger partial charge is 0.369 e. The van der Waals surface area contributed by atoms with Gasteiger partial charge in [-0.3, -0.25) is 9.69 Å². The number of halogens is 1. The number of hydrogen-bond acceptors (Lipinski definition) is 5. The third-order valence-electron chi connectivity index (χ3n) is 4.97. The number of thiazole rings is 1. The Morgan fingerprint density at radius 2 is 1.93 bits per heavy atom. The summed E-state index contributed by atoms with van der Waals surface area (Å²) in [6.07, 6.45) is 0. The Morgan fingerprint density at radius 1 is 1.14 bits per heavy atom. The minimum absolute atomic E-state index is 0.00724. The summed E-state index contributed by atoms with van der Waals surface area (Å²) in [5, 5.41) is 6.84. The predicted octanol–water partition coefficient (Wildman–Crippen LogP) is 4.53. The van der Waals surface area contributed by atoms with Crippen LogP contribution >= 0.6 is 22.9 Å². The van der Waals surface area contributed by atoms with E-state index < -0.39 is 0 Å². The van der Waals surface area contributed by atoms with Gasteiger partial charge in [0.1, 0.15) is 0 Å². The fourth-order valence-corrected chi connectivity index (χ4v) is 4.30. The standard InChI is InChI=1S/C22H23ClN4OS/c1-16-24-21(15-29-16)17-4-2-6-19(12-17)25-22(28)14-26-8-10-27(11-9-26)20-7-3-5-18(23)13-20/h2-7,12-13,15H,8-11,14H2,1H3,(H,25,28). The summed E-state index contributed by atoms with van der Waals surface area (Å²) < 4.78 is 0. The van der Waals surface area contributed by atoms with E-state index in [2.05, 4.69) is 26.2 Å². The van der Waals surface area contributed by atoms with Crippen LogP contribution in [0.15, 0.2) is 53.9 Å². The van der Waals surface area contributed by atoms with E-state index in [4.69, 9.17) is 11.6 Å². The summed E-state index contributed by atoms with van der Waals surface area (Å²) in [4.78, 5) is 21.5. The van der Waals surface area contributed by atoms with Crippen molar-refractivity contribution < 1.29 is 4.79 Å². The van der Waals surface area contributed by atoms with Gasteiger partial charge in [0.15, 0.2) is 0 Å². The lowest BCUT2D eigenvalue weighted by atomic mass is 10.1. The first-order chi connectivity index (χ1) is 14.1. The topological polar surface area (TPSA) is 48.5 Å². The highest BCUT2D eigenvalue weighted by molar-refractivity contribution is 7.09. The van der Waals surface area contributed by atoms with Gasteiger partial charge in [0.2, 0.25) is 5.91 Å². The average Bonchev–Trinajstić information content (AvgIpc) is 3.15. The first kappa shape index (κ1) is 19.9. The molecule has 0 saturated carbocycles. The van der Waals surface area contributed by atoms with E-state index >= 15 is 0 Å². The van der Waals surface area contributed by atoms with Crippen molar-refractivity contribution in [3.8, 4) is 11.3 Å². The maximum atomic E-state index is 12.5. The molecular weight excluding hydrogens is 404 g/mol. The molecule has 0 aliphatic carbocycles. The van der Waals surface area contributed by atoms with Gasteiger partial charge in [-0.2, -0.15) is 0 Å². The smallest absolute Gasteiger partial charge is 0.238 e. The monoisotopic (exact) mass is 426 g/mol. The zero-order valence-corrected chi connectivity index (χ0v) is 17.8. The Bertz CT molecular complexity index is 998. The van der Waals surface area contributed by atoms with Crippen LogP contribution in [0.3, 0.4) is 0 Å². The van der Waals surface area contributed by atoms with E-state index in [1.807, 2.05) is 54.8 Å². The molecule has 4 rings (SSSR count). The van der Waals surface area contributed by atoms with Gasteiger partial charge in [-0.15, -0.1) is 11.3 Å². The Labute approximate surface area is 179 Å². The van der Waals surface area contributed by atoms with E-state index in [-0.39, 0.29) is 5.91 Å². The molecule has 1 aromatic heterocycles. The van der Waals surface area contributed by atoms with Crippen molar-refractivity contribution >= 4 is 40.2 Å². The zero-order chi connectivity index (χ0) is 20.2. The van der Waals surface area contributed by atoms with E-state index in [0.717, 1.165) is 58.8 Å². The highest BCUT2D eigenvalue weighted by Gasteiger charge is 2.19. The maximum Gasteiger partial charge on any atom is 0.238 e. The Hall–Kier alpha value is -2.41. The number of carbonyl (C=O) groups is 1. The van der Waals surface area contributed by atoms with Crippen LogP contribution in [0.25, 0.3) is 11.3 Å². The number of benzene rings is 2. The lowest BCUT2D eigenvalue weighted by Gasteiger charge is -2.35. The number of aromatic nitrogens is 1. The molecule has 3 aromatic rings. The van der Waals surface area contributed by atoms with Crippen LogP contribution in [0.1, 0.15) is 5.01 Å². The summed E-state index contributed by atoms with van der Waals surface area (Å²) in [6, 6.07) is 15.8. The molecule has 0 unspecified atom stereocenters. The van der Waals surface area contributed by atoms with Crippen LogP contribution in [-0.2, 0) is 4.79 Å². The van der Waals surface area contributed by atoms with E-state index in [1.165, 1.54) is 0 Å². The zero-order valence-electron chi connectivity index (χ0n) is 16.3. The van der Waals surface area contributed by atoms with E-state index in [9.17, 15) is 4.79 Å². The van der Waals surface area contributed by atoms with Crippen LogP contribution in [0.2, 0.25) is 5.02 Å². The summed E-state index contributed by atoms with van der Waals surface area (Å²) in [5.74, 6) is 0.00724. The van der Waals surface area contributed by atoms with Gasteiger partial charge in [0.05, 0.1) is 17.2 Å². The molecule has 1 saturated heterocycles. The minimum Gasteiger partial charge on any atom is -0.369 e. The molecular formula is C22H23ClN4OS. The molecule has 2 heterocycles. The first-order valence-electron chi connectivity index (χ1n) is 9.62. The first-order valence-corrected chi connectivity index (χ1v) is 10.9. The lowest BCUT2D eigenvalue weighted by Crippen LogP contribution is -2.48. The van der Waals surface area contributed by atoms with Crippen LogP contribution in [0.4, 0.5) is 11.4 Å². The van der Waals surface area contributed by atoms with Crippen molar-refractivity contribution in [1.29, 1.82) is 0 Å². The minimum atomic E-state index is 0.00724. The number of aryl methyl sites for hydroxylation is 1. The van der Waals surface area contributed by atoms with Crippen LogP contribution in [0, 0.1) is 6.92 Å². The molecule has 29 heavy (non-hydrogen) atoms. The molecule has 1 N–H and O–H groups in total. The molecule has 1 fully saturated rings. The lowest BCUT2D eigenvalue weighted by molar-refractivity contribution is -0.117. The number of nitrogens with zero attached hydrogens (tertiary/aromatic N) is 3. The molecule has 0 bridgehead atoms. The maximum absolute atomic E-state index is 12.5. The molecule has 5 nitrogen and oxygen atoms in total. The third kappa shape index (κ3) is 5.15. The molecule has 7 heteroatoms. The van der Waals surface area contributed by atoms with Gasteiger partial charge < -0.3 is 10.2 Å². The predicted molar refractivity (Wildman–Crippen MR) is 121 cm³/mol. The van der Waals surface area contributed by atoms with Crippen LogP contribution < -0.4 is 10.2 Å². The van der Waals surface area contributed by atoms with Crippen molar-refractivity contribution in [3.05, 3.63) is 63.9 Å². The fourth-order valence-electron chi connectivity index (χ4n) is 3.49. The summed E-state index contributed by atoms with van der Waals surface area (Å²) in [7, 11) is 0. The summed E-state index contributed by atoms with van der Waals surface area (Å²) >= 11 is 7.72. The average molecular weight is 427 g/mol.